The number of alkyl halides is 3. The molecule has 4 nitrogen and oxygen atoms in total. The van der Waals surface area contributed by atoms with Crippen LogP contribution in [0.2, 0.25) is 0 Å². The quantitative estimate of drug-likeness (QED) is 0.594. The molecule has 0 N–H and O–H groups in total. The van der Waals surface area contributed by atoms with Gasteiger partial charge in [-0.25, -0.2) is 4.98 Å². The molecular formula is C20H26F3N3O. The first-order valence-electron chi connectivity index (χ1n) is 9.12. The van der Waals surface area contributed by atoms with Crippen molar-refractivity contribution in [3.8, 4) is 6.01 Å². The molecule has 2 rings (SSSR count). The van der Waals surface area contributed by atoms with Crippen LogP contribution in [0, 0.1) is 0 Å². The summed E-state index contributed by atoms with van der Waals surface area (Å²) < 4.78 is 46.2. The molecule has 0 aliphatic rings. The lowest BCUT2D eigenvalue weighted by molar-refractivity contribution is -0.137. The van der Waals surface area contributed by atoms with Crippen molar-refractivity contribution in [2.24, 2.45) is 0 Å². The fourth-order valence-corrected chi connectivity index (χ4v) is 2.68. The summed E-state index contributed by atoms with van der Waals surface area (Å²) in [6, 6.07) is 7.38. The Morgan fingerprint density at radius 3 is 2.37 bits per heavy atom. The van der Waals surface area contributed by atoms with Gasteiger partial charge in [-0.15, -0.1) is 0 Å². The van der Waals surface area contributed by atoms with Crippen molar-refractivity contribution in [3.05, 3.63) is 41.6 Å². The molecule has 0 aliphatic heterocycles. The third-order valence-electron chi connectivity index (χ3n) is 4.69. The van der Waals surface area contributed by atoms with E-state index in [1.54, 1.807) is 13.1 Å². The Bertz CT molecular complexity index is 764. The van der Waals surface area contributed by atoms with E-state index in [1.807, 2.05) is 39.0 Å². The van der Waals surface area contributed by atoms with Crippen molar-refractivity contribution >= 4 is 11.5 Å². The first-order valence-corrected chi connectivity index (χ1v) is 9.12. The van der Waals surface area contributed by atoms with Crippen LogP contribution in [0.25, 0.3) is 0 Å². The molecule has 2 atom stereocenters. The van der Waals surface area contributed by atoms with Gasteiger partial charge in [0, 0.05) is 18.9 Å². The number of hydrogen-bond acceptors (Lipinski definition) is 4. The second-order valence-electron chi connectivity index (χ2n) is 6.65. The summed E-state index contributed by atoms with van der Waals surface area (Å²) in [5, 5.41) is 0. The number of hydrogen-bond donors (Lipinski definition) is 0. The Morgan fingerprint density at radius 1 is 1.11 bits per heavy atom. The highest BCUT2D eigenvalue weighted by atomic mass is 19.4. The highest BCUT2D eigenvalue weighted by Gasteiger charge is 2.37. The summed E-state index contributed by atoms with van der Waals surface area (Å²) in [4.78, 5) is 9.33. The van der Waals surface area contributed by atoms with Crippen LogP contribution < -0.4 is 9.64 Å². The summed E-state index contributed by atoms with van der Waals surface area (Å²) in [6.45, 7) is 7.84. The van der Waals surface area contributed by atoms with Crippen molar-refractivity contribution < 1.29 is 17.9 Å². The standard InChI is InChI=1S/C20H26F3N3O/c1-6-13(3)15-10-8-9-11-17(15)26(5)18-16(20(21,22)23)12-24-19(25-18)27-14(4)7-2/h8-14H,6-7H2,1-5H3. The van der Waals surface area contributed by atoms with Gasteiger partial charge in [0.2, 0.25) is 0 Å². The number of para-hydroxylation sites is 1. The number of rotatable bonds is 7. The van der Waals surface area contributed by atoms with Gasteiger partial charge in [0.15, 0.2) is 5.82 Å². The lowest BCUT2D eigenvalue weighted by Gasteiger charge is -2.26. The van der Waals surface area contributed by atoms with E-state index in [1.165, 1.54) is 4.90 Å². The fraction of sp³-hybridized carbons (Fsp3) is 0.500. The van der Waals surface area contributed by atoms with Crippen molar-refractivity contribution in [1.82, 2.24) is 9.97 Å². The zero-order chi connectivity index (χ0) is 20.2. The van der Waals surface area contributed by atoms with Crippen molar-refractivity contribution in [2.75, 3.05) is 11.9 Å². The van der Waals surface area contributed by atoms with Crippen molar-refractivity contribution in [1.29, 1.82) is 0 Å². The predicted octanol–water partition coefficient (Wildman–Crippen LogP) is 5.95. The van der Waals surface area contributed by atoms with Crippen LogP contribution in [-0.4, -0.2) is 23.1 Å². The monoisotopic (exact) mass is 381 g/mol. The highest BCUT2D eigenvalue weighted by molar-refractivity contribution is 5.66. The summed E-state index contributed by atoms with van der Waals surface area (Å²) in [7, 11) is 1.59. The Hall–Kier alpha value is -2.31. The molecule has 2 aromatic rings. The Balaban J connectivity index is 2.56. The number of nitrogens with zero attached hydrogens (tertiary/aromatic N) is 3. The fourth-order valence-electron chi connectivity index (χ4n) is 2.68. The van der Waals surface area contributed by atoms with E-state index in [-0.39, 0.29) is 23.9 Å². The van der Waals surface area contributed by atoms with E-state index in [0.717, 1.165) is 18.2 Å². The first kappa shape index (κ1) is 21.0. The summed E-state index contributed by atoms with van der Waals surface area (Å²) >= 11 is 0. The van der Waals surface area contributed by atoms with Crippen LogP contribution in [0.1, 0.15) is 57.6 Å². The molecule has 27 heavy (non-hydrogen) atoms. The number of aromatic nitrogens is 2. The lowest BCUT2D eigenvalue weighted by atomic mass is 9.96. The topological polar surface area (TPSA) is 38.2 Å². The van der Waals surface area contributed by atoms with Gasteiger partial charge >= 0.3 is 12.2 Å². The molecule has 1 heterocycles. The smallest absolute Gasteiger partial charge is 0.421 e. The molecule has 2 unspecified atom stereocenters. The molecule has 0 fully saturated rings. The van der Waals surface area contributed by atoms with Gasteiger partial charge in [-0.05, 0) is 37.3 Å². The number of benzene rings is 1. The molecule has 1 aromatic carbocycles. The van der Waals surface area contributed by atoms with Crippen LogP contribution in [0.5, 0.6) is 6.01 Å². The normalized spacial score (nSPS) is 13.9. The van der Waals surface area contributed by atoms with E-state index >= 15 is 0 Å². The molecular weight excluding hydrogens is 355 g/mol. The largest absolute Gasteiger partial charge is 0.460 e. The highest BCUT2D eigenvalue weighted by Crippen LogP contribution is 2.40. The van der Waals surface area contributed by atoms with Crippen LogP contribution in [0.4, 0.5) is 24.7 Å². The molecule has 0 aliphatic carbocycles. The minimum atomic E-state index is -4.57. The molecule has 7 heteroatoms. The molecule has 0 radical (unpaired) electrons. The van der Waals surface area contributed by atoms with Crippen molar-refractivity contribution in [3.63, 3.8) is 0 Å². The molecule has 1 aromatic heterocycles. The second kappa shape index (κ2) is 8.59. The molecule has 0 saturated carbocycles. The minimum absolute atomic E-state index is 0.0554. The van der Waals surface area contributed by atoms with Gasteiger partial charge < -0.3 is 9.64 Å². The zero-order valence-corrected chi connectivity index (χ0v) is 16.3. The van der Waals surface area contributed by atoms with E-state index in [2.05, 4.69) is 16.9 Å². The second-order valence-corrected chi connectivity index (χ2v) is 6.65. The van der Waals surface area contributed by atoms with Crippen LogP contribution >= 0.6 is 0 Å². The minimum Gasteiger partial charge on any atom is -0.460 e. The zero-order valence-electron chi connectivity index (χ0n) is 16.3. The molecule has 0 bridgehead atoms. The van der Waals surface area contributed by atoms with Crippen LogP contribution in [0.15, 0.2) is 30.5 Å². The van der Waals surface area contributed by atoms with Gasteiger partial charge in [-0.3, -0.25) is 0 Å². The predicted molar refractivity (Wildman–Crippen MR) is 101 cm³/mol. The van der Waals surface area contributed by atoms with Crippen molar-refractivity contribution in [2.45, 2.75) is 58.7 Å². The van der Waals surface area contributed by atoms with Crippen LogP contribution in [-0.2, 0) is 6.18 Å². The third-order valence-corrected chi connectivity index (χ3v) is 4.69. The van der Waals surface area contributed by atoms with E-state index < -0.39 is 11.7 Å². The maximum absolute atomic E-state index is 13.6. The lowest BCUT2D eigenvalue weighted by Crippen LogP contribution is -2.21. The first-order chi connectivity index (χ1) is 12.7. The number of anilines is 2. The SMILES string of the molecule is CCC(C)Oc1ncc(C(F)(F)F)c(N(C)c2ccccc2C(C)CC)n1. The van der Waals surface area contributed by atoms with E-state index in [4.69, 9.17) is 4.74 Å². The summed E-state index contributed by atoms with van der Waals surface area (Å²) in [5.41, 5.74) is 0.768. The van der Waals surface area contributed by atoms with E-state index in [9.17, 15) is 13.2 Å². The summed E-state index contributed by atoms with van der Waals surface area (Å²) in [6.07, 6.45) is -2.38. The van der Waals surface area contributed by atoms with Gasteiger partial charge in [-0.1, -0.05) is 39.0 Å². The Kier molecular flexibility index (Phi) is 6.68. The van der Waals surface area contributed by atoms with Gasteiger partial charge in [0.05, 0.1) is 6.10 Å². The van der Waals surface area contributed by atoms with E-state index in [0.29, 0.717) is 12.1 Å². The average molecular weight is 381 g/mol. The van der Waals surface area contributed by atoms with Gasteiger partial charge in [0.25, 0.3) is 0 Å². The number of ether oxygens (including phenoxy) is 1. The van der Waals surface area contributed by atoms with Gasteiger partial charge in [-0.2, -0.15) is 18.2 Å². The number of halogens is 3. The third kappa shape index (κ3) is 4.90. The maximum Gasteiger partial charge on any atom is 0.421 e. The van der Waals surface area contributed by atoms with Crippen LogP contribution in [0.3, 0.4) is 0 Å². The Labute approximate surface area is 158 Å². The average Bonchev–Trinajstić information content (AvgIpc) is 2.65. The molecule has 148 valence electrons. The van der Waals surface area contributed by atoms with Gasteiger partial charge in [0.1, 0.15) is 5.56 Å². The molecule has 0 saturated heterocycles. The molecule has 0 amide bonds. The maximum atomic E-state index is 13.6. The Morgan fingerprint density at radius 2 is 1.78 bits per heavy atom. The molecule has 0 spiro atoms. The summed E-state index contributed by atoms with van der Waals surface area (Å²) in [5.74, 6) is -0.0118.